The molecule has 7 nitrogen and oxygen atoms in total. The number of rotatable bonds is 5. The molecule has 2 aliphatic rings. The number of aromatic nitrogens is 4. The fraction of sp³-hybridized carbons (Fsp3) is 0.700. The van der Waals surface area contributed by atoms with E-state index in [1.165, 1.54) is 31.4 Å². The van der Waals surface area contributed by atoms with Gasteiger partial charge in [-0.2, -0.15) is 4.98 Å². The first-order chi connectivity index (χ1) is 13.1. The molecule has 0 saturated carbocycles. The average molecular weight is 371 g/mol. The lowest BCUT2D eigenvalue weighted by molar-refractivity contribution is 0.192. The van der Waals surface area contributed by atoms with Gasteiger partial charge in [-0.25, -0.2) is 9.97 Å². The van der Waals surface area contributed by atoms with E-state index < -0.39 is 0 Å². The van der Waals surface area contributed by atoms with Crippen LogP contribution >= 0.6 is 0 Å². The Balaban J connectivity index is 1.46. The summed E-state index contributed by atoms with van der Waals surface area (Å²) in [5.74, 6) is 4.21. The van der Waals surface area contributed by atoms with Crippen LogP contribution in [0.25, 0.3) is 0 Å². The molecule has 0 N–H and O–H groups in total. The Kier molecular flexibility index (Phi) is 5.38. The Morgan fingerprint density at radius 2 is 1.93 bits per heavy atom. The minimum Gasteiger partial charge on any atom is -0.357 e. The van der Waals surface area contributed by atoms with Gasteiger partial charge >= 0.3 is 0 Å². The van der Waals surface area contributed by atoms with E-state index in [-0.39, 0.29) is 5.92 Å². The molecule has 4 heterocycles. The van der Waals surface area contributed by atoms with E-state index in [1.807, 2.05) is 6.92 Å². The SMILES string of the molecule is Cc1nc([C@H]2CCCN(Cc3noc(C(C)C)n3)C2)cc(N2CCCC2)n1. The van der Waals surface area contributed by atoms with Gasteiger partial charge in [0.15, 0.2) is 5.82 Å². The highest BCUT2D eigenvalue weighted by Gasteiger charge is 2.25. The molecule has 2 aliphatic heterocycles. The summed E-state index contributed by atoms with van der Waals surface area (Å²) < 4.78 is 5.35. The van der Waals surface area contributed by atoms with Crippen molar-refractivity contribution >= 4 is 5.82 Å². The molecular weight excluding hydrogens is 340 g/mol. The molecule has 0 aromatic carbocycles. The van der Waals surface area contributed by atoms with E-state index in [2.05, 4.69) is 44.8 Å². The first kappa shape index (κ1) is 18.3. The van der Waals surface area contributed by atoms with Crippen molar-refractivity contribution in [2.75, 3.05) is 31.1 Å². The molecule has 0 spiro atoms. The standard InChI is InChI=1S/C20H30N6O/c1-14(2)20-23-18(24-27-20)13-25-8-6-7-16(12-25)17-11-19(22-15(3)21-17)26-9-4-5-10-26/h11,14,16H,4-10,12-13H2,1-3H3/t16-/m0/s1. The lowest BCUT2D eigenvalue weighted by Crippen LogP contribution is -2.34. The molecule has 2 fully saturated rings. The summed E-state index contributed by atoms with van der Waals surface area (Å²) in [6.07, 6.45) is 4.87. The Morgan fingerprint density at radius 3 is 2.67 bits per heavy atom. The molecule has 1 atom stereocenters. The molecule has 0 bridgehead atoms. The second kappa shape index (κ2) is 7.92. The van der Waals surface area contributed by atoms with E-state index in [0.717, 1.165) is 56.1 Å². The van der Waals surface area contributed by atoms with Crippen LogP contribution in [0.15, 0.2) is 10.6 Å². The van der Waals surface area contributed by atoms with Gasteiger partial charge < -0.3 is 9.42 Å². The van der Waals surface area contributed by atoms with Crippen LogP contribution in [0, 0.1) is 6.92 Å². The van der Waals surface area contributed by atoms with E-state index in [4.69, 9.17) is 9.51 Å². The lowest BCUT2D eigenvalue weighted by Gasteiger charge is -2.32. The van der Waals surface area contributed by atoms with Crippen LogP contribution < -0.4 is 4.90 Å². The summed E-state index contributed by atoms with van der Waals surface area (Å²) in [7, 11) is 0. The molecule has 0 unspecified atom stereocenters. The molecule has 0 aliphatic carbocycles. The maximum absolute atomic E-state index is 5.35. The fourth-order valence-electron chi connectivity index (χ4n) is 4.10. The Morgan fingerprint density at radius 1 is 1.11 bits per heavy atom. The molecule has 2 aromatic rings. The van der Waals surface area contributed by atoms with E-state index in [9.17, 15) is 0 Å². The van der Waals surface area contributed by atoms with Crippen LogP contribution in [-0.2, 0) is 6.54 Å². The van der Waals surface area contributed by atoms with E-state index >= 15 is 0 Å². The first-order valence-corrected chi connectivity index (χ1v) is 10.2. The number of anilines is 1. The molecule has 7 heteroatoms. The van der Waals surface area contributed by atoms with Crippen LogP contribution in [0.3, 0.4) is 0 Å². The highest BCUT2D eigenvalue weighted by molar-refractivity contribution is 5.41. The van der Waals surface area contributed by atoms with Crippen LogP contribution in [0.1, 0.15) is 74.6 Å². The van der Waals surface area contributed by atoms with Gasteiger partial charge in [0.1, 0.15) is 11.6 Å². The van der Waals surface area contributed by atoms with Crippen LogP contribution in [0.5, 0.6) is 0 Å². The van der Waals surface area contributed by atoms with Crippen molar-refractivity contribution < 1.29 is 4.52 Å². The van der Waals surface area contributed by atoms with Gasteiger partial charge in [-0.3, -0.25) is 4.90 Å². The van der Waals surface area contributed by atoms with Gasteiger partial charge in [0.25, 0.3) is 0 Å². The monoisotopic (exact) mass is 370 g/mol. The minimum absolute atomic E-state index is 0.272. The zero-order valence-corrected chi connectivity index (χ0v) is 16.7. The van der Waals surface area contributed by atoms with Gasteiger partial charge in [0, 0.05) is 37.5 Å². The molecule has 2 aromatic heterocycles. The van der Waals surface area contributed by atoms with Gasteiger partial charge in [0.05, 0.1) is 12.2 Å². The van der Waals surface area contributed by atoms with Crippen molar-refractivity contribution in [3.63, 3.8) is 0 Å². The topological polar surface area (TPSA) is 71.2 Å². The van der Waals surface area contributed by atoms with Gasteiger partial charge in [-0.1, -0.05) is 19.0 Å². The Labute approximate surface area is 161 Å². The van der Waals surface area contributed by atoms with Gasteiger partial charge in [-0.05, 0) is 39.2 Å². The zero-order valence-electron chi connectivity index (χ0n) is 16.7. The third-order valence-electron chi connectivity index (χ3n) is 5.54. The summed E-state index contributed by atoms with van der Waals surface area (Å²) in [6.45, 7) is 11.2. The van der Waals surface area contributed by atoms with E-state index in [0.29, 0.717) is 5.92 Å². The number of aryl methyl sites for hydroxylation is 1. The fourth-order valence-corrected chi connectivity index (χ4v) is 4.10. The minimum atomic E-state index is 0.272. The van der Waals surface area contributed by atoms with Gasteiger partial charge in [-0.15, -0.1) is 0 Å². The first-order valence-electron chi connectivity index (χ1n) is 10.2. The summed E-state index contributed by atoms with van der Waals surface area (Å²) in [5.41, 5.74) is 1.19. The summed E-state index contributed by atoms with van der Waals surface area (Å²) in [4.78, 5) is 18.8. The molecule has 146 valence electrons. The molecule has 27 heavy (non-hydrogen) atoms. The van der Waals surface area contributed by atoms with Crippen LogP contribution in [0.4, 0.5) is 5.82 Å². The number of nitrogens with zero attached hydrogens (tertiary/aromatic N) is 6. The summed E-state index contributed by atoms with van der Waals surface area (Å²) in [5, 5.41) is 4.15. The third kappa shape index (κ3) is 4.29. The van der Waals surface area contributed by atoms with Crippen molar-refractivity contribution in [3.05, 3.63) is 29.3 Å². The molecule has 2 saturated heterocycles. The van der Waals surface area contributed by atoms with Crippen molar-refractivity contribution in [1.82, 2.24) is 25.0 Å². The third-order valence-corrected chi connectivity index (χ3v) is 5.54. The summed E-state index contributed by atoms with van der Waals surface area (Å²) in [6, 6.07) is 2.22. The van der Waals surface area contributed by atoms with Crippen molar-refractivity contribution in [2.45, 2.75) is 64.8 Å². The van der Waals surface area contributed by atoms with Crippen molar-refractivity contribution in [1.29, 1.82) is 0 Å². The number of hydrogen-bond acceptors (Lipinski definition) is 7. The molecule has 4 rings (SSSR count). The maximum Gasteiger partial charge on any atom is 0.229 e. The highest BCUT2D eigenvalue weighted by atomic mass is 16.5. The average Bonchev–Trinajstić information content (AvgIpc) is 3.33. The Hall–Kier alpha value is -2.02. The normalized spacial score (nSPS) is 21.3. The van der Waals surface area contributed by atoms with Crippen molar-refractivity contribution in [3.8, 4) is 0 Å². The van der Waals surface area contributed by atoms with Crippen molar-refractivity contribution in [2.24, 2.45) is 0 Å². The predicted molar refractivity (Wildman–Crippen MR) is 104 cm³/mol. The number of hydrogen-bond donors (Lipinski definition) is 0. The second-order valence-electron chi connectivity index (χ2n) is 8.17. The molecule has 0 radical (unpaired) electrons. The van der Waals surface area contributed by atoms with Gasteiger partial charge in [0.2, 0.25) is 5.89 Å². The Bertz CT molecular complexity index is 768. The smallest absolute Gasteiger partial charge is 0.229 e. The highest BCUT2D eigenvalue weighted by Crippen LogP contribution is 2.29. The quantitative estimate of drug-likeness (QED) is 0.800. The second-order valence-corrected chi connectivity index (χ2v) is 8.17. The predicted octanol–water partition coefficient (Wildman–Crippen LogP) is 3.27. The van der Waals surface area contributed by atoms with Crippen LogP contribution in [-0.4, -0.2) is 51.2 Å². The van der Waals surface area contributed by atoms with E-state index in [1.54, 1.807) is 0 Å². The largest absolute Gasteiger partial charge is 0.357 e. The molecule has 0 amide bonds. The number of likely N-dealkylation sites (tertiary alicyclic amines) is 1. The summed E-state index contributed by atoms with van der Waals surface area (Å²) >= 11 is 0. The number of piperidine rings is 1. The van der Waals surface area contributed by atoms with Crippen LogP contribution in [0.2, 0.25) is 0 Å². The maximum atomic E-state index is 5.35. The zero-order chi connectivity index (χ0) is 18.8. The molecular formula is C20H30N6O. The lowest BCUT2D eigenvalue weighted by atomic mass is 9.94.